The first kappa shape index (κ1) is 29.2. The Bertz CT molecular complexity index is 1570. The molecule has 2 aliphatic heterocycles. The predicted octanol–water partition coefficient (Wildman–Crippen LogP) is 4.03. The van der Waals surface area contributed by atoms with Gasteiger partial charge in [0.1, 0.15) is 11.6 Å². The minimum absolute atomic E-state index is 0.0297. The Hall–Kier alpha value is -4.27. The molecule has 13 heteroatoms. The van der Waals surface area contributed by atoms with E-state index in [0.29, 0.717) is 42.8 Å². The summed E-state index contributed by atoms with van der Waals surface area (Å²) in [5.41, 5.74) is 1.92. The summed E-state index contributed by atoms with van der Waals surface area (Å²) in [7, 11) is 0. The SMILES string of the molecule is N#CNC(=NC[C@H](NC(=O)c1c(Cl)cc2c(c1Cl)CCN(C(=O)c1cc3ccccc3o1)C2)C(=O)O)N1CCCCC1. The molecule has 1 fully saturated rings. The zero-order chi connectivity index (χ0) is 29.8. The number of aliphatic carboxylic acids is 1. The van der Waals surface area contributed by atoms with Gasteiger partial charge < -0.3 is 24.6 Å². The fourth-order valence-electron chi connectivity index (χ4n) is 5.24. The van der Waals surface area contributed by atoms with Crippen molar-refractivity contribution in [3.8, 4) is 6.19 Å². The second-order valence-corrected chi connectivity index (χ2v) is 10.9. The number of guanidine groups is 1. The number of nitrogens with zero attached hydrogens (tertiary/aromatic N) is 4. The highest BCUT2D eigenvalue weighted by molar-refractivity contribution is 6.40. The Morgan fingerprint density at radius 1 is 1.10 bits per heavy atom. The van der Waals surface area contributed by atoms with Crippen molar-refractivity contribution in [1.29, 1.82) is 5.26 Å². The smallest absolute Gasteiger partial charge is 0.328 e. The van der Waals surface area contributed by atoms with Gasteiger partial charge >= 0.3 is 5.97 Å². The molecule has 1 saturated heterocycles. The minimum atomic E-state index is -1.39. The topological polar surface area (TPSA) is 151 Å². The number of likely N-dealkylation sites (tertiary alicyclic amines) is 1. The summed E-state index contributed by atoms with van der Waals surface area (Å²) in [5, 5.41) is 24.8. The zero-order valence-electron chi connectivity index (χ0n) is 22.5. The minimum Gasteiger partial charge on any atom is -0.480 e. The maximum atomic E-state index is 13.3. The quantitative estimate of drug-likeness (QED) is 0.164. The number of carboxylic acids is 1. The van der Waals surface area contributed by atoms with Crippen LogP contribution in [0.3, 0.4) is 0 Å². The van der Waals surface area contributed by atoms with Gasteiger partial charge in [-0.1, -0.05) is 41.4 Å². The van der Waals surface area contributed by atoms with E-state index in [-0.39, 0.29) is 46.3 Å². The molecule has 3 heterocycles. The molecule has 3 aromatic rings. The fraction of sp³-hybridized carbons (Fsp3) is 0.345. The zero-order valence-corrected chi connectivity index (χ0v) is 24.0. The Labute approximate surface area is 251 Å². The normalized spacial score (nSPS) is 16.0. The van der Waals surface area contributed by atoms with Gasteiger partial charge in [-0.3, -0.25) is 14.9 Å². The number of carbonyl (C=O) groups excluding carboxylic acids is 2. The van der Waals surface area contributed by atoms with Crippen LogP contribution in [0.25, 0.3) is 11.0 Å². The Kier molecular flexibility index (Phi) is 8.85. The van der Waals surface area contributed by atoms with Crippen LogP contribution < -0.4 is 10.6 Å². The number of piperidine rings is 1. The molecule has 1 aromatic heterocycles. The monoisotopic (exact) mass is 610 g/mol. The van der Waals surface area contributed by atoms with E-state index in [1.807, 2.05) is 29.3 Å². The lowest BCUT2D eigenvalue weighted by atomic mass is 9.96. The second-order valence-electron chi connectivity index (χ2n) is 10.1. The second kappa shape index (κ2) is 12.7. The van der Waals surface area contributed by atoms with Crippen LogP contribution in [0.15, 0.2) is 45.8 Å². The maximum absolute atomic E-state index is 13.3. The van der Waals surface area contributed by atoms with Crippen molar-refractivity contribution in [2.24, 2.45) is 4.99 Å². The third-order valence-corrected chi connectivity index (χ3v) is 8.12. The highest BCUT2D eigenvalue weighted by atomic mass is 35.5. The molecule has 2 aliphatic rings. The molecule has 42 heavy (non-hydrogen) atoms. The third-order valence-electron chi connectivity index (χ3n) is 7.41. The molecule has 3 N–H and O–H groups in total. The van der Waals surface area contributed by atoms with Crippen LogP contribution in [0, 0.1) is 11.5 Å². The van der Waals surface area contributed by atoms with E-state index in [4.69, 9.17) is 32.9 Å². The molecule has 1 atom stereocenters. The van der Waals surface area contributed by atoms with Gasteiger partial charge in [0.05, 0.1) is 22.2 Å². The average molecular weight is 611 g/mol. The highest BCUT2D eigenvalue weighted by Crippen LogP contribution is 2.35. The lowest BCUT2D eigenvalue weighted by Gasteiger charge is -2.30. The van der Waals surface area contributed by atoms with Crippen LogP contribution in [0.5, 0.6) is 0 Å². The molecule has 0 saturated carbocycles. The molecule has 2 amide bonds. The number of carbonyl (C=O) groups is 3. The third kappa shape index (κ3) is 6.15. The van der Waals surface area contributed by atoms with Crippen LogP contribution in [0.4, 0.5) is 0 Å². The van der Waals surface area contributed by atoms with Crippen LogP contribution in [0.2, 0.25) is 10.0 Å². The number of hydrogen-bond acceptors (Lipinski definition) is 6. The summed E-state index contributed by atoms with van der Waals surface area (Å²) < 4.78 is 5.73. The molecular weight excluding hydrogens is 583 g/mol. The highest BCUT2D eigenvalue weighted by Gasteiger charge is 2.30. The van der Waals surface area contributed by atoms with Crippen molar-refractivity contribution < 1.29 is 23.9 Å². The van der Waals surface area contributed by atoms with Crippen molar-refractivity contribution >= 4 is 57.9 Å². The Morgan fingerprint density at radius 2 is 1.86 bits per heavy atom. The van der Waals surface area contributed by atoms with Gasteiger partial charge in [0.2, 0.25) is 5.96 Å². The standard InChI is InChI=1S/C29H28Cl2N6O5/c30-20-12-18-15-37(27(39)23-13-17-6-2-3-7-22(17)42-23)11-8-19(18)25(31)24(20)26(38)35-21(28(40)41)14-33-29(34-16-32)36-9-4-1-5-10-36/h2-3,6-7,12-13,21H,1,4-5,8-11,14-15H2,(H,33,34)(H,35,38)(H,40,41)/t21-/m0/s1. The van der Waals surface area contributed by atoms with E-state index in [9.17, 15) is 19.5 Å². The summed E-state index contributed by atoms with van der Waals surface area (Å²) in [6, 6.07) is 9.25. The van der Waals surface area contributed by atoms with Crippen molar-refractivity contribution in [2.75, 3.05) is 26.2 Å². The van der Waals surface area contributed by atoms with Gasteiger partial charge in [-0.15, -0.1) is 0 Å². The molecule has 11 nitrogen and oxygen atoms in total. The number of carboxylic acid groups (broad SMARTS) is 1. The maximum Gasteiger partial charge on any atom is 0.328 e. The number of rotatable bonds is 6. The summed E-state index contributed by atoms with van der Waals surface area (Å²) in [5.74, 6) is -1.84. The first-order chi connectivity index (χ1) is 20.3. The van der Waals surface area contributed by atoms with E-state index in [1.54, 1.807) is 23.1 Å². The van der Waals surface area contributed by atoms with Crippen LogP contribution in [-0.2, 0) is 17.8 Å². The van der Waals surface area contributed by atoms with Crippen LogP contribution >= 0.6 is 23.2 Å². The average Bonchev–Trinajstić information content (AvgIpc) is 3.42. The number of hydrogen-bond donors (Lipinski definition) is 3. The van der Waals surface area contributed by atoms with Crippen molar-refractivity contribution in [3.63, 3.8) is 0 Å². The van der Waals surface area contributed by atoms with Gasteiger partial charge in [-0.25, -0.2) is 9.79 Å². The van der Waals surface area contributed by atoms with Crippen molar-refractivity contribution in [2.45, 2.75) is 38.3 Å². The molecule has 5 rings (SSSR count). The molecule has 0 aliphatic carbocycles. The number of fused-ring (bicyclic) bond motifs is 2. The van der Waals surface area contributed by atoms with Crippen LogP contribution in [0.1, 0.15) is 51.3 Å². The molecule has 2 aromatic carbocycles. The van der Waals surface area contributed by atoms with E-state index in [0.717, 1.165) is 24.6 Å². The van der Waals surface area contributed by atoms with Gasteiger partial charge in [-0.05, 0) is 55.0 Å². The number of para-hydroxylation sites is 1. The first-order valence-electron chi connectivity index (χ1n) is 13.5. The summed E-state index contributed by atoms with van der Waals surface area (Å²) in [6.45, 7) is 1.63. The molecule has 0 radical (unpaired) electrons. The lowest BCUT2D eigenvalue weighted by molar-refractivity contribution is -0.138. The first-order valence-corrected chi connectivity index (χ1v) is 14.3. The molecule has 218 valence electrons. The fourth-order valence-corrected chi connectivity index (χ4v) is 6.01. The molecule has 0 unspecified atom stereocenters. The number of aliphatic imine (C=N–C) groups is 1. The largest absolute Gasteiger partial charge is 0.480 e. The van der Waals surface area contributed by atoms with Crippen molar-refractivity contribution in [3.05, 3.63) is 68.9 Å². The number of amides is 2. The Morgan fingerprint density at radius 3 is 2.57 bits per heavy atom. The number of halogens is 2. The number of furan rings is 1. The lowest BCUT2D eigenvalue weighted by Crippen LogP contribution is -2.46. The van der Waals surface area contributed by atoms with Gasteiger partial charge in [0, 0.05) is 31.6 Å². The van der Waals surface area contributed by atoms with E-state index in [1.165, 1.54) is 0 Å². The van der Waals surface area contributed by atoms with E-state index in [2.05, 4.69) is 15.6 Å². The van der Waals surface area contributed by atoms with E-state index < -0.39 is 17.9 Å². The summed E-state index contributed by atoms with van der Waals surface area (Å²) in [6.07, 6.45) is 5.14. The predicted molar refractivity (Wildman–Crippen MR) is 156 cm³/mol. The summed E-state index contributed by atoms with van der Waals surface area (Å²) >= 11 is 13.2. The molecular formula is C29H28Cl2N6O5. The number of nitriles is 1. The van der Waals surface area contributed by atoms with Crippen LogP contribution in [-0.4, -0.2) is 70.9 Å². The van der Waals surface area contributed by atoms with Gasteiger partial charge in [-0.2, -0.15) is 5.26 Å². The molecule has 0 spiro atoms. The van der Waals surface area contributed by atoms with Gasteiger partial charge in [0.25, 0.3) is 11.8 Å². The van der Waals surface area contributed by atoms with Gasteiger partial charge in [0.15, 0.2) is 12.0 Å². The molecule has 0 bridgehead atoms. The number of nitrogens with one attached hydrogen (secondary N) is 2. The van der Waals surface area contributed by atoms with E-state index >= 15 is 0 Å². The Balaban J connectivity index is 1.31. The van der Waals surface area contributed by atoms with Crippen molar-refractivity contribution in [1.82, 2.24) is 20.4 Å². The summed E-state index contributed by atoms with van der Waals surface area (Å²) in [4.78, 5) is 46.2. The number of benzene rings is 2.